The number of amides is 1. The van der Waals surface area contributed by atoms with Crippen molar-refractivity contribution in [1.82, 2.24) is 4.31 Å². The van der Waals surface area contributed by atoms with Crippen LogP contribution in [0.25, 0.3) is 0 Å². The molecule has 0 spiro atoms. The second-order valence-electron chi connectivity index (χ2n) is 7.54. The van der Waals surface area contributed by atoms with Crippen LogP contribution in [0, 0.1) is 0 Å². The van der Waals surface area contributed by atoms with Crippen LogP contribution in [0.5, 0.6) is 5.75 Å². The van der Waals surface area contributed by atoms with Gasteiger partial charge in [0.2, 0.25) is 15.9 Å². The normalized spacial score (nSPS) is 14.1. The van der Waals surface area contributed by atoms with Gasteiger partial charge in [0.15, 0.2) is 0 Å². The van der Waals surface area contributed by atoms with E-state index in [1.54, 1.807) is 19.2 Å². The van der Waals surface area contributed by atoms with Crippen molar-refractivity contribution in [2.75, 3.05) is 43.5 Å². The van der Waals surface area contributed by atoms with E-state index in [9.17, 15) is 13.2 Å². The topological polar surface area (TPSA) is 79.0 Å². The molecule has 2 aromatic rings. The van der Waals surface area contributed by atoms with Crippen LogP contribution in [0.4, 0.5) is 11.4 Å². The lowest BCUT2D eigenvalue weighted by molar-refractivity contribution is -0.115. The van der Waals surface area contributed by atoms with E-state index >= 15 is 0 Å². The van der Waals surface area contributed by atoms with Gasteiger partial charge in [-0.25, -0.2) is 8.42 Å². The van der Waals surface area contributed by atoms with Gasteiger partial charge in [-0.05, 0) is 48.7 Å². The molecule has 3 rings (SSSR count). The smallest absolute Gasteiger partial charge is 0.243 e. The van der Waals surface area contributed by atoms with Crippen LogP contribution < -0.4 is 15.0 Å². The average molecular weight is 446 g/mol. The Morgan fingerprint density at radius 2 is 1.81 bits per heavy atom. The van der Waals surface area contributed by atoms with Crippen LogP contribution in [-0.4, -0.2) is 51.9 Å². The molecule has 7 nitrogen and oxygen atoms in total. The van der Waals surface area contributed by atoms with E-state index in [2.05, 4.69) is 10.2 Å². The number of methoxy groups -OCH3 is 1. The van der Waals surface area contributed by atoms with Crippen molar-refractivity contribution < 1.29 is 17.9 Å². The number of sulfonamides is 1. The fourth-order valence-corrected chi connectivity index (χ4v) is 5.37. The van der Waals surface area contributed by atoms with Crippen molar-refractivity contribution in [3.63, 3.8) is 0 Å². The Bertz CT molecular complexity index is 1010. The predicted molar refractivity (Wildman–Crippen MR) is 123 cm³/mol. The van der Waals surface area contributed by atoms with E-state index in [0.29, 0.717) is 24.5 Å². The van der Waals surface area contributed by atoms with Gasteiger partial charge in [-0.3, -0.25) is 4.79 Å². The molecule has 1 N–H and O–H groups in total. The van der Waals surface area contributed by atoms with E-state index in [1.165, 1.54) is 4.31 Å². The zero-order valence-electron chi connectivity index (χ0n) is 18.4. The van der Waals surface area contributed by atoms with Gasteiger partial charge in [0, 0.05) is 26.2 Å². The summed E-state index contributed by atoms with van der Waals surface area (Å²) in [6.45, 7) is 6.20. The summed E-state index contributed by atoms with van der Waals surface area (Å²) in [6.07, 6.45) is 2.33. The van der Waals surface area contributed by atoms with Crippen LogP contribution in [0.2, 0.25) is 0 Å². The largest absolute Gasteiger partial charge is 0.497 e. The van der Waals surface area contributed by atoms with Crippen molar-refractivity contribution in [3.05, 3.63) is 48.0 Å². The second-order valence-corrected chi connectivity index (χ2v) is 9.48. The molecular weight excluding hydrogens is 414 g/mol. The first-order valence-electron chi connectivity index (χ1n) is 10.7. The average Bonchev–Trinajstić information content (AvgIpc) is 3.29. The number of hydrogen-bond acceptors (Lipinski definition) is 5. The monoisotopic (exact) mass is 445 g/mol. The van der Waals surface area contributed by atoms with Crippen LogP contribution in [0.15, 0.2) is 47.4 Å². The molecule has 168 valence electrons. The first-order valence-corrected chi connectivity index (χ1v) is 12.1. The maximum Gasteiger partial charge on any atom is 0.243 e. The predicted octanol–water partition coefficient (Wildman–Crippen LogP) is 3.51. The Kier molecular flexibility index (Phi) is 7.56. The molecule has 0 radical (unpaired) electrons. The molecule has 1 amide bonds. The molecule has 0 aliphatic carbocycles. The molecular formula is C23H31N3O4S. The van der Waals surface area contributed by atoms with Crippen LogP contribution in [0.3, 0.4) is 0 Å². The summed E-state index contributed by atoms with van der Waals surface area (Å²) in [5, 5.41) is 2.96. The maximum atomic E-state index is 13.0. The maximum absolute atomic E-state index is 13.0. The van der Waals surface area contributed by atoms with E-state index in [1.807, 2.05) is 44.2 Å². The Labute approximate surface area is 185 Å². The summed E-state index contributed by atoms with van der Waals surface area (Å²) < 4.78 is 32.7. The number of ether oxygens (including phenoxy) is 1. The molecule has 1 aliphatic rings. The lowest BCUT2D eigenvalue weighted by Gasteiger charge is -2.24. The number of rotatable bonds is 9. The lowest BCUT2D eigenvalue weighted by atomic mass is 10.1. The summed E-state index contributed by atoms with van der Waals surface area (Å²) in [7, 11) is -2.03. The third-order valence-corrected chi connectivity index (χ3v) is 7.58. The van der Waals surface area contributed by atoms with Crippen molar-refractivity contribution in [3.8, 4) is 5.75 Å². The van der Waals surface area contributed by atoms with Crippen molar-refractivity contribution in [1.29, 1.82) is 0 Å². The number of nitrogens with zero attached hydrogens (tertiary/aromatic N) is 2. The summed E-state index contributed by atoms with van der Waals surface area (Å²) in [5.41, 5.74) is 2.21. The molecule has 2 aromatic carbocycles. The van der Waals surface area contributed by atoms with Gasteiger partial charge in [0.1, 0.15) is 5.75 Å². The van der Waals surface area contributed by atoms with E-state index < -0.39 is 10.0 Å². The molecule has 1 fully saturated rings. The Balaban J connectivity index is 1.90. The minimum Gasteiger partial charge on any atom is -0.497 e. The fraction of sp³-hybridized carbons (Fsp3) is 0.435. The second kappa shape index (κ2) is 10.2. The van der Waals surface area contributed by atoms with E-state index in [4.69, 9.17) is 4.74 Å². The highest BCUT2D eigenvalue weighted by Crippen LogP contribution is 2.32. The standard InChI is InChI=1S/C23H31N3O4S/c1-4-26(5-2)31(28,29)20-11-12-22(25-13-6-7-14-25)21(17-20)24-23(27)16-18-9-8-10-19(15-18)30-3/h8-12,15,17H,4-7,13-14,16H2,1-3H3,(H,24,27). The van der Waals surface area contributed by atoms with Gasteiger partial charge in [-0.2, -0.15) is 4.31 Å². The molecule has 1 aliphatic heterocycles. The number of anilines is 2. The van der Waals surface area contributed by atoms with Gasteiger partial charge >= 0.3 is 0 Å². The highest BCUT2D eigenvalue weighted by Gasteiger charge is 2.25. The first kappa shape index (κ1) is 23.1. The quantitative estimate of drug-likeness (QED) is 0.639. The third kappa shape index (κ3) is 5.37. The minimum atomic E-state index is -3.62. The molecule has 8 heteroatoms. The minimum absolute atomic E-state index is 0.170. The highest BCUT2D eigenvalue weighted by atomic mass is 32.2. The van der Waals surface area contributed by atoms with Crippen LogP contribution in [0.1, 0.15) is 32.3 Å². The summed E-state index contributed by atoms with van der Waals surface area (Å²) in [6, 6.07) is 12.4. The Morgan fingerprint density at radius 3 is 2.45 bits per heavy atom. The highest BCUT2D eigenvalue weighted by molar-refractivity contribution is 7.89. The fourth-order valence-electron chi connectivity index (χ4n) is 3.88. The molecule has 1 saturated heterocycles. The third-order valence-electron chi connectivity index (χ3n) is 5.53. The number of nitrogens with one attached hydrogen (secondary N) is 1. The molecule has 0 aromatic heterocycles. The van der Waals surface area contributed by atoms with Gasteiger partial charge in [0.25, 0.3) is 0 Å². The number of carbonyl (C=O) groups excluding carboxylic acids is 1. The van der Waals surface area contributed by atoms with E-state index in [0.717, 1.165) is 37.2 Å². The molecule has 31 heavy (non-hydrogen) atoms. The van der Waals surface area contributed by atoms with Gasteiger partial charge < -0.3 is 15.0 Å². The van der Waals surface area contributed by atoms with Gasteiger partial charge in [-0.1, -0.05) is 26.0 Å². The van der Waals surface area contributed by atoms with Crippen LogP contribution >= 0.6 is 0 Å². The van der Waals surface area contributed by atoms with Gasteiger partial charge in [-0.15, -0.1) is 0 Å². The molecule has 0 bridgehead atoms. The Hall–Kier alpha value is -2.58. The first-order chi connectivity index (χ1) is 14.9. The van der Waals surface area contributed by atoms with Crippen molar-refractivity contribution in [2.24, 2.45) is 0 Å². The molecule has 0 unspecified atom stereocenters. The van der Waals surface area contributed by atoms with Crippen LogP contribution in [-0.2, 0) is 21.2 Å². The Morgan fingerprint density at radius 1 is 1.10 bits per heavy atom. The van der Waals surface area contributed by atoms with Crippen molar-refractivity contribution in [2.45, 2.75) is 38.0 Å². The summed E-state index contributed by atoms with van der Waals surface area (Å²) >= 11 is 0. The molecule has 0 saturated carbocycles. The van der Waals surface area contributed by atoms with Gasteiger partial charge in [0.05, 0.1) is 29.8 Å². The molecule has 1 heterocycles. The summed E-state index contributed by atoms with van der Waals surface area (Å²) in [5.74, 6) is 0.487. The number of carbonyl (C=O) groups is 1. The zero-order chi connectivity index (χ0) is 22.4. The molecule has 0 atom stereocenters. The summed E-state index contributed by atoms with van der Waals surface area (Å²) in [4.78, 5) is 15.2. The SMILES string of the molecule is CCN(CC)S(=O)(=O)c1ccc(N2CCCC2)c(NC(=O)Cc2cccc(OC)c2)c1. The van der Waals surface area contributed by atoms with E-state index in [-0.39, 0.29) is 17.2 Å². The number of benzene rings is 2. The lowest BCUT2D eigenvalue weighted by Crippen LogP contribution is -2.31. The number of hydrogen-bond donors (Lipinski definition) is 1. The zero-order valence-corrected chi connectivity index (χ0v) is 19.2. The van der Waals surface area contributed by atoms with Crippen molar-refractivity contribution >= 4 is 27.3 Å².